The fourth-order valence-electron chi connectivity index (χ4n) is 2.79. The van der Waals surface area contributed by atoms with Crippen LogP contribution in [-0.2, 0) is 21.4 Å². The molecule has 0 radical (unpaired) electrons. The molecule has 1 amide bonds. The van der Waals surface area contributed by atoms with Gasteiger partial charge >= 0.3 is 0 Å². The standard InChI is InChI=1S/C21H20ClN3O4S/c1-15-5-8-18(23-20(26)11-13-25-12-3-2-4-21(25)27)14-19(15)30(28,29)24-17-9-6-16(22)7-10-17/h2-10,12,14,24H,11,13H2,1H3,(H,23,26). The van der Waals surface area contributed by atoms with Crippen molar-refractivity contribution in [2.75, 3.05) is 10.0 Å². The van der Waals surface area contributed by atoms with Gasteiger partial charge in [0, 0.05) is 41.6 Å². The molecule has 0 saturated carbocycles. The summed E-state index contributed by atoms with van der Waals surface area (Å²) < 4.78 is 29.5. The van der Waals surface area contributed by atoms with Crippen molar-refractivity contribution in [1.82, 2.24) is 4.57 Å². The third kappa shape index (κ3) is 5.49. The van der Waals surface area contributed by atoms with E-state index in [1.54, 1.807) is 61.7 Å². The average Bonchev–Trinajstić information content (AvgIpc) is 2.70. The van der Waals surface area contributed by atoms with E-state index in [0.29, 0.717) is 22.0 Å². The molecule has 9 heteroatoms. The SMILES string of the molecule is Cc1ccc(NC(=O)CCn2ccccc2=O)cc1S(=O)(=O)Nc1ccc(Cl)cc1. The Morgan fingerprint density at radius 3 is 2.43 bits per heavy atom. The summed E-state index contributed by atoms with van der Waals surface area (Å²) >= 11 is 5.83. The Morgan fingerprint density at radius 2 is 1.73 bits per heavy atom. The molecule has 0 bridgehead atoms. The molecule has 0 atom stereocenters. The molecular formula is C21H20ClN3O4S. The molecule has 0 spiro atoms. The van der Waals surface area contributed by atoms with Crippen molar-refractivity contribution in [3.8, 4) is 0 Å². The van der Waals surface area contributed by atoms with Crippen LogP contribution in [0.25, 0.3) is 0 Å². The second kappa shape index (κ2) is 9.15. The lowest BCUT2D eigenvalue weighted by atomic mass is 10.2. The van der Waals surface area contributed by atoms with Crippen LogP contribution in [0.15, 0.2) is 76.6 Å². The number of halogens is 1. The third-order valence-electron chi connectivity index (χ3n) is 4.34. The van der Waals surface area contributed by atoms with Gasteiger partial charge in [-0.1, -0.05) is 23.7 Å². The highest BCUT2D eigenvalue weighted by molar-refractivity contribution is 7.92. The van der Waals surface area contributed by atoms with Gasteiger partial charge in [-0.3, -0.25) is 14.3 Å². The summed E-state index contributed by atoms with van der Waals surface area (Å²) in [5.74, 6) is -0.330. The molecule has 0 fully saturated rings. The maximum absolute atomic E-state index is 12.8. The molecule has 0 aliphatic heterocycles. The smallest absolute Gasteiger partial charge is 0.262 e. The Morgan fingerprint density at radius 1 is 1.03 bits per heavy atom. The van der Waals surface area contributed by atoms with Gasteiger partial charge < -0.3 is 9.88 Å². The number of hydrogen-bond acceptors (Lipinski definition) is 4. The maximum atomic E-state index is 12.8. The van der Waals surface area contributed by atoms with E-state index in [1.807, 2.05) is 0 Å². The number of nitrogens with zero attached hydrogens (tertiary/aromatic N) is 1. The van der Waals surface area contributed by atoms with Crippen molar-refractivity contribution in [3.63, 3.8) is 0 Å². The summed E-state index contributed by atoms with van der Waals surface area (Å²) in [6.07, 6.45) is 1.68. The summed E-state index contributed by atoms with van der Waals surface area (Å²) in [6, 6.07) is 15.7. The molecule has 156 valence electrons. The van der Waals surface area contributed by atoms with Gasteiger partial charge in [0.2, 0.25) is 5.91 Å². The van der Waals surface area contributed by atoms with Crippen LogP contribution in [0, 0.1) is 6.92 Å². The lowest BCUT2D eigenvalue weighted by Gasteiger charge is -2.13. The van der Waals surface area contributed by atoms with E-state index in [0.717, 1.165) is 0 Å². The molecule has 2 aromatic carbocycles. The minimum Gasteiger partial charge on any atom is -0.326 e. The Bertz CT molecular complexity index is 1220. The number of carbonyl (C=O) groups excluding carboxylic acids is 1. The fourth-order valence-corrected chi connectivity index (χ4v) is 4.24. The molecule has 30 heavy (non-hydrogen) atoms. The number of nitrogens with one attached hydrogen (secondary N) is 2. The summed E-state index contributed by atoms with van der Waals surface area (Å²) in [5.41, 5.74) is 1.07. The van der Waals surface area contributed by atoms with E-state index in [2.05, 4.69) is 10.0 Å². The van der Waals surface area contributed by atoms with Crippen molar-refractivity contribution in [2.45, 2.75) is 24.8 Å². The van der Waals surface area contributed by atoms with Crippen LogP contribution in [0.2, 0.25) is 5.02 Å². The Hall–Kier alpha value is -3.10. The molecule has 0 aliphatic carbocycles. The van der Waals surface area contributed by atoms with Gasteiger partial charge in [-0.25, -0.2) is 8.42 Å². The van der Waals surface area contributed by atoms with E-state index in [-0.39, 0.29) is 29.3 Å². The molecule has 1 aromatic heterocycles. The average molecular weight is 446 g/mol. The van der Waals surface area contributed by atoms with Gasteiger partial charge in [0.1, 0.15) is 0 Å². The van der Waals surface area contributed by atoms with Crippen LogP contribution in [0.1, 0.15) is 12.0 Å². The van der Waals surface area contributed by atoms with Crippen molar-refractivity contribution < 1.29 is 13.2 Å². The zero-order valence-corrected chi connectivity index (χ0v) is 17.7. The molecular weight excluding hydrogens is 426 g/mol. The molecule has 3 rings (SSSR count). The highest BCUT2D eigenvalue weighted by Gasteiger charge is 2.18. The molecule has 0 aliphatic rings. The first-order valence-corrected chi connectivity index (χ1v) is 10.9. The maximum Gasteiger partial charge on any atom is 0.262 e. The number of carbonyl (C=O) groups is 1. The van der Waals surface area contributed by atoms with Gasteiger partial charge in [0.25, 0.3) is 15.6 Å². The minimum atomic E-state index is -3.87. The van der Waals surface area contributed by atoms with Gasteiger partial charge in [-0.2, -0.15) is 0 Å². The zero-order valence-electron chi connectivity index (χ0n) is 16.1. The number of aryl methyl sites for hydroxylation is 2. The topological polar surface area (TPSA) is 97.3 Å². The molecule has 0 unspecified atom stereocenters. The first kappa shape index (κ1) is 21.6. The van der Waals surface area contributed by atoms with Crippen LogP contribution in [0.3, 0.4) is 0 Å². The van der Waals surface area contributed by atoms with Gasteiger partial charge in [-0.05, 0) is 55.0 Å². The predicted octanol–water partition coefficient (Wildman–Crippen LogP) is 3.64. The molecule has 2 N–H and O–H groups in total. The van der Waals surface area contributed by atoms with Crippen LogP contribution in [0.5, 0.6) is 0 Å². The van der Waals surface area contributed by atoms with Crippen LogP contribution in [-0.4, -0.2) is 18.9 Å². The molecule has 7 nitrogen and oxygen atoms in total. The quantitative estimate of drug-likeness (QED) is 0.580. The normalized spacial score (nSPS) is 11.1. The number of anilines is 2. The largest absolute Gasteiger partial charge is 0.326 e. The van der Waals surface area contributed by atoms with Crippen molar-refractivity contribution >= 4 is 38.9 Å². The number of hydrogen-bond donors (Lipinski definition) is 2. The zero-order chi connectivity index (χ0) is 21.7. The summed E-state index contributed by atoms with van der Waals surface area (Å²) in [6.45, 7) is 1.89. The molecule has 3 aromatic rings. The number of amides is 1. The second-order valence-electron chi connectivity index (χ2n) is 6.62. The Labute approximate surface area is 179 Å². The molecule has 1 heterocycles. The van der Waals surface area contributed by atoms with Gasteiger partial charge in [-0.15, -0.1) is 0 Å². The first-order chi connectivity index (χ1) is 14.2. The van der Waals surface area contributed by atoms with E-state index in [9.17, 15) is 18.0 Å². The summed E-state index contributed by atoms with van der Waals surface area (Å²) in [5, 5.41) is 3.18. The van der Waals surface area contributed by atoms with Gasteiger partial charge in [0.15, 0.2) is 0 Å². The highest BCUT2D eigenvalue weighted by atomic mass is 35.5. The number of pyridine rings is 1. The number of sulfonamides is 1. The van der Waals surface area contributed by atoms with E-state index >= 15 is 0 Å². The van der Waals surface area contributed by atoms with Crippen LogP contribution >= 0.6 is 11.6 Å². The van der Waals surface area contributed by atoms with E-state index in [4.69, 9.17) is 11.6 Å². The van der Waals surface area contributed by atoms with E-state index in [1.165, 1.54) is 16.7 Å². The number of benzene rings is 2. The monoisotopic (exact) mass is 445 g/mol. The van der Waals surface area contributed by atoms with Crippen LogP contribution < -0.4 is 15.6 Å². The van der Waals surface area contributed by atoms with Crippen LogP contribution in [0.4, 0.5) is 11.4 Å². The minimum absolute atomic E-state index is 0.0505. The fraction of sp³-hybridized carbons (Fsp3) is 0.143. The van der Waals surface area contributed by atoms with Crippen molar-refractivity contribution in [1.29, 1.82) is 0 Å². The first-order valence-electron chi connectivity index (χ1n) is 9.09. The van der Waals surface area contributed by atoms with Gasteiger partial charge in [0.05, 0.1) is 4.90 Å². The van der Waals surface area contributed by atoms with Crippen molar-refractivity contribution in [2.24, 2.45) is 0 Å². The number of aromatic nitrogens is 1. The summed E-state index contributed by atoms with van der Waals surface area (Å²) in [4.78, 5) is 24.0. The van der Waals surface area contributed by atoms with Crippen molar-refractivity contribution in [3.05, 3.63) is 87.8 Å². The lowest BCUT2D eigenvalue weighted by Crippen LogP contribution is -2.22. The Kier molecular flexibility index (Phi) is 6.59. The third-order valence-corrected chi connectivity index (χ3v) is 6.11. The lowest BCUT2D eigenvalue weighted by molar-refractivity contribution is -0.116. The molecule has 0 saturated heterocycles. The number of rotatable bonds is 7. The second-order valence-corrected chi connectivity index (χ2v) is 8.71. The predicted molar refractivity (Wildman–Crippen MR) is 117 cm³/mol. The highest BCUT2D eigenvalue weighted by Crippen LogP contribution is 2.24. The summed E-state index contributed by atoms with van der Waals surface area (Å²) in [7, 11) is -3.87. The Balaban J connectivity index is 1.72. The van der Waals surface area contributed by atoms with E-state index < -0.39 is 10.0 Å².